The second kappa shape index (κ2) is 4.80. The van der Waals surface area contributed by atoms with E-state index in [0.717, 1.165) is 19.3 Å². The van der Waals surface area contributed by atoms with Gasteiger partial charge in [0.25, 0.3) is 0 Å². The fourth-order valence-electron chi connectivity index (χ4n) is 4.99. The van der Waals surface area contributed by atoms with E-state index in [0.29, 0.717) is 12.3 Å². The van der Waals surface area contributed by atoms with Crippen LogP contribution in [-0.4, -0.2) is 29.4 Å². The van der Waals surface area contributed by atoms with Gasteiger partial charge in [0.15, 0.2) is 11.9 Å². The largest absolute Gasteiger partial charge is 0.457 e. The molecule has 0 N–H and O–H groups in total. The molecule has 0 aromatic rings. The van der Waals surface area contributed by atoms with Gasteiger partial charge in [-0.1, -0.05) is 26.7 Å². The highest BCUT2D eigenvalue weighted by atomic mass is 16.6. The number of rotatable bonds is 1. The van der Waals surface area contributed by atoms with Crippen LogP contribution >= 0.6 is 0 Å². The van der Waals surface area contributed by atoms with E-state index in [1.807, 2.05) is 0 Å². The molecule has 122 valence electrons. The number of ether oxygens (including phenoxy) is 2. The summed E-state index contributed by atoms with van der Waals surface area (Å²) in [6.07, 6.45) is 2.80. The summed E-state index contributed by atoms with van der Waals surface area (Å²) in [6, 6.07) is 0. The molecular formula is C17H24O5. The van der Waals surface area contributed by atoms with Crippen molar-refractivity contribution in [3.05, 3.63) is 0 Å². The molecule has 0 amide bonds. The van der Waals surface area contributed by atoms with Crippen LogP contribution < -0.4 is 0 Å². The molecule has 0 aromatic carbocycles. The Labute approximate surface area is 130 Å². The topological polar surface area (TPSA) is 69.7 Å². The van der Waals surface area contributed by atoms with Crippen molar-refractivity contribution in [3.63, 3.8) is 0 Å². The summed E-state index contributed by atoms with van der Waals surface area (Å²) < 4.78 is 11.2. The van der Waals surface area contributed by atoms with Gasteiger partial charge in [-0.15, -0.1) is 0 Å². The van der Waals surface area contributed by atoms with E-state index in [1.165, 1.54) is 6.92 Å². The van der Waals surface area contributed by atoms with E-state index in [4.69, 9.17) is 9.47 Å². The van der Waals surface area contributed by atoms with Crippen molar-refractivity contribution in [3.8, 4) is 0 Å². The summed E-state index contributed by atoms with van der Waals surface area (Å²) in [5.74, 6) is -1.34. The number of carbonyl (C=O) groups excluding carboxylic acids is 3. The molecule has 3 fully saturated rings. The van der Waals surface area contributed by atoms with Crippen LogP contribution in [-0.2, 0) is 23.9 Å². The predicted molar refractivity (Wildman–Crippen MR) is 77.8 cm³/mol. The molecule has 0 radical (unpaired) electrons. The number of esters is 2. The van der Waals surface area contributed by atoms with Crippen molar-refractivity contribution in [2.75, 3.05) is 0 Å². The number of hydrogen-bond donors (Lipinski definition) is 0. The van der Waals surface area contributed by atoms with E-state index < -0.39 is 29.6 Å². The number of Topliss-reactive ketones (excluding diaryl/α,β-unsaturated/α-hetero) is 1. The molecular weight excluding hydrogens is 284 g/mol. The van der Waals surface area contributed by atoms with E-state index >= 15 is 0 Å². The third-order valence-corrected chi connectivity index (χ3v) is 6.50. The van der Waals surface area contributed by atoms with Crippen LogP contribution in [0, 0.1) is 23.2 Å². The molecule has 3 rings (SSSR count). The average molecular weight is 308 g/mol. The van der Waals surface area contributed by atoms with Gasteiger partial charge in [0.1, 0.15) is 5.92 Å². The van der Waals surface area contributed by atoms with Gasteiger partial charge in [-0.2, -0.15) is 0 Å². The van der Waals surface area contributed by atoms with E-state index in [-0.39, 0.29) is 17.1 Å². The third kappa shape index (κ3) is 1.74. The van der Waals surface area contributed by atoms with Gasteiger partial charge in [0.2, 0.25) is 5.60 Å². The quantitative estimate of drug-likeness (QED) is 0.695. The van der Waals surface area contributed by atoms with Crippen LogP contribution in [0.3, 0.4) is 0 Å². The Kier molecular flexibility index (Phi) is 3.38. The van der Waals surface area contributed by atoms with E-state index in [2.05, 4.69) is 13.8 Å². The molecule has 1 saturated heterocycles. The molecule has 0 spiro atoms. The summed E-state index contributed by atoms with van der Waals surface area (Å²) in [7, 11) is 0. The van der Waals surface area contributed by atoms with Crippen LogP contribution in [0.15, 0.2) is 0 Å². The second-order valence-corrected chi connectivity index (χ2v) is 7.45. The lowest BCUT2D eigenvalue weighted by atomic mass is 9.50. The summed E-state index contributed by atoms with van der Waals surface area (Å²) in [4.78, 5) is 36.8. The van der Waals surface area contributed by atoms with Crippen LogP contribution in [0.2, 0.25) is 0 Å². The first kappa shape index (κ1) is 15.5. The lowest BCUT2D eigenvalue weighted by molar-refractivity contribution is -0.209. The zero-order valence-corrected chi connectivity index (χ0v) is 13.7. The van der Waals surface area contributed by atoms with Crippen LogP contribution in [0.5, 0.6) is 0 Å². The molecule has 0 aromatic heterocycles. The third-order valence-electron chi connectivity index (χ3n) is 6.50. The van der Waals surface area contributed by atoms with Crippen molar-refractivity contribution in [1.82, 2.24) is 0 Å². The van der Waals surface area contributed by atoms with Gasteiger partial charge in [0, 0.05) is 18.8 Å². The molecule has 1 heterocycles. The van der Waals surface area contributed by atoms with Gasteiger partial charge in [-0.3, -0.25) is 14.4 Å². The normalized spacial score (nSPS) is 47.5. The summed E-state index contributed by atoms with van der Waals surface area (Å²) in [5, 5.41) is 0. The van der Waals surface area contributed by atoms with Gasteiger partial charge < -0.3 is 9.47 Å². The highest BCUT2D eigenvalue weighted by Crippen LogP contribution is 2.60. The average Bonchev–Trinajstić information content (AvgIpc) is 2.69. The van der Waals surface area contributed by atoms with Crippen molar-refractivity contribution in [2.24, 2.45) is 23.2 Å². The molecule has 5 nitrogen and oxygen atoms in total. The number of carbonyl (C=O) groups is 3. The first-order valence-corrected chi connectivity index (χ1v) is 8.18. The Morgan fingerprint density at radius 3 is 2.59 bits per heavy atom. The predicted octanol–water partition coefficient (Wildman–Crippen LogP) is 2.27. The summed E-state index contributed by atoms with van der Waals surface area (Å²) in [6.45, 7) is 7.17. The fourth-order valence-corrected chi connectivity index (χ4v) is 4.99. The van der Waals surface area contributed by atoms with Crippen LogP contribution in [0.25, 0.3) is 0 Å². The maximum Gasteiger partial charge on any atom is 0.313 e. The summed E-state index contributed by atoms with van der Waals surface area (Å²) in [5.41, 5.74) is -1.75. The Balaban J connectivity index is 2.14. The molecule has 1 aliphatic heterocycles. The minimum Gasteiger partial charge on any atom is -0.457 e. The Morgan fingerprint density at radius 2 is 1.95 bits per heavy atom. The highest BCUT2D eigenvalue weighted by Gasteiger charge is 2.72. The molecule has 6 atom stereocenters. The Bertz CT molecular complexity index is 541. The van der Waals surface area contributed by atoms with E-state index in [1.54, 1.807) is 6.92 Å². The molecule has 2 aliphatic carbocycles. The van der Waals surface area contributed by atoms with Crippen LogP contribution in [0.1, 0.15) is 53.4 Å². The number of hydrogen-bond acceptors (Lipinski definition) is 5. The fraction of sp³-hybridized carbons (Fsp3) is 0.824. The molecule has 2 saturated carbocycles. The van der Waals surface area contributed by atoms with Gasteiger partial charge in [-0.25, -0.2) is 0 Å². The first-order chi connectivity index (χ1) is 10.2. The highest BCUT2D eigenvalue weighted by molar-refractivity contribution is 5.98. The van der Waals surface area contributed by atoms with Gasteiger partial charge >= 0.3 is 11.9 Å². The molecule has 5 heteroatoms. The molecule has 6 unspecified atom stereocenters. The smallest absolute Gasteiger partial charge is 0.313 e. The maximum absolute atomic E-state index is 12.9. The number of fused-ring (bicyclic) bond motifs is 3. The summed E-state index contributed by atoms with van der Waals surface area (Å²) >= 11 is 0. The SMILES string of the molecule is CC(=O)OC12C(=O)CC3CCCC(C)C3(C)C1OC(=O)C2C. The zero-order valence-electron chi connectivity index (χ0n) is 13.7. The Morgan fingerprint density at radius 1 is 1.27 bits per heavy atom. The second-order valence-electron chi connectivity index (χ2n) is 7.45. The maximum atomic E-state index is 12.9. The molecule has 3 aliphatic rings. The van der Waals surface area contributed by atoms with Crippen molar-refractivity contribution < 1.29 is 23.9 Å². The van der Waals surface area contributed by atoms with Gasteiger partial charge in [0.05, 0.1) is 0 Å². The van der Waals surface area contributed by atoms with Crippen molar-refractivity contribution in [2.45, 2.75) is 65.1 Å². The first-order valence-electron chi connectivity index (χ1n) is 8.18. The zero-order chi connectivity index (χ0) is 16.3. The van der Waals surface area contributed by atoms with Crippen molar-refractivity contribution >= 4 is 17.7 Å². The molecule has 22 heavy (non-hydrogen) atoms. The van der Waals surface area contributed by atoms with Gasteiger partial charge in [-0.05, 0) is 25.2 Å². The van der Waals surface area contributed by atoms with Crippen molar-refractivity contribution in [1.29, 1.82) is 0 Å². The molecule has 0 bridgehead atoms. The standard InChI is InChI=1S/C17H24O5/c1-9-6-5-7-12-8-13(19)17(22-11(3)18)10(2)14(20)21-15(17)16(9,12)4/h9-10,12,15H,5-8H2,1-4H3. The minimum absolute atomic E-state index is 0.150. The minimum atomic E-state index is -1.43. The monoisotopic (exact) mass is 308 g/mol. The van der Waals surface area contributed by atoms with E-state index in [9.17, 15) is 14.4 Å². The lowest BCUT2D eigenvalue weighted by Gasteiger charge is -2.56. The van der Waals surface area contributed by atoms with Crippen LogP contribution in [0.4, 0.5) is 0 Å². The number of ketones is 1. The Hall–Kier alpha value is -1.39. The lowest BCUT2D eigenvalue weighted by Crippen LogP contribution is -2.67.